The lowest BCUT2D eigenvalue weighted by Gasteiger charge is -2.04. The van der Waals surface area contributed by atoms with Gasteiger partial charge in [-0.2, -0.15) is 5.10 Å². The van der Waals surface area contributed by atoms with Crippen LogP contribution in [0.5, 0.6) is 0 Å². The highest BCUT2D eigenvalue weighted by atomic mass is 32.2. The zero-order valence-electron chi connectivity index (χ0n) is 16.0. The van der Waals surface area contributed by atoms with Crippen LogP contribution >= 0.6 is 11.3 Å². The van der Waals surface area contributed by atoms with Gasteiger partial charge in [-0.3, -0.25) is 19.7 Å². The number of nitrogens with one attached hydrogen (secondary N) is 2. The average molecular weight is 471 g/mol. The lowest BCUT2D eigenvalue weighted by Crippen LogP contribution is -2.18. The molecule has 2 N–H and O–H groups in total. The zero-order valence-corrected chi connectivity index (χ0v) is 17.6. The van der Waals surface area contributed by atoms with E-state index < -0.39 is 20.7 Å². The number of anilines is 1. The van der Waals surface area contributed by atoms with E-state index in [1.165, 1.54) is 0 Å². The molecular formula is C19H13N5O6S2. The van der Waals surface area contributed by atoms with Gasteiger partial charge in [-0.05, 0) is 18.2 Å². The molecule has 0 aliphatic heterocycles. The maximum Gasteiger partial charge on any atom is 0.272 e. The van der Waals surface area contributed by atoms with E-state index in [1.54, 1.807) is 24.3 Å². The molecule has 0 bridgehead atoms. The lowest BCUT2D eigenvalue weighted by molar-refractivity contribution is -0.384. The Bertz CT molecular complexity index is 1510. The largest absolute Gasteiger partial charge is 0.302 e. The van der Waals surface area contributed by atoms with E-state index >= 15 is 0 Å². The number of fused-ring (bicyclic) bond motifs is 1. The van der Waals surface area contributed by atoms with E-state index in [4.69, 9.17) is 0 Å². The summed E-state index contributed by atoms with van der Waals surface area (Å²) in [4.78, 5) is 38.2. The monoisotopic (exact) mass is 471 g/mol. The highest BCUT2D eigenvalue weighted by Gasteiger charge is 2.22. The second kappa shape index (κ2) is 8.28. The van der Waals surface area contributed by atoms with Crippen LogP contribution in [0.25, 0.3) is 10.8 Å². The van der Waals surface area contributed by atoms with Gasteiger partial charge >= 0.3 is 0 Å². The van der Waals surface area contributed by atoms with Gasteiger partial charge in [0.1, 0.15) is 4.21 Å². The molecule has 0 spiro atoms. The fourth-order valence-electron chi connectivity index (χ4n) is 2.93. The second-order valence-electron chi connectivity index (χ2n) is 6.51. The van der Waals surface area contributed by atoms with Crippen molar-refractivity contribution < 1.29 is 18.1 Å². The molecule has 0 fully saturated rings. The number of sulfone groups is 1. The Morgan fingerprint density at radius 3 is 2.50 bits per heavy atom. The molecule has 4 rings (SSSR count). The van der Waals surface area contributed by atoms with Gasteiger partial charge in [0.25, 0.3) is 11.2 Å². The Morgan fingerprint density at radius 2 is 1.81 bits per heavy atom. The first-order chi connectivity index (χ1) is 15.3. The molecule has 11 nitrogen and oxygen atoms in total. The van der Waals surface area contributed by atoms with Gasteiger partial charge in [-0.15, -0.1) is 0 Å². The number of H-pyrrole nitrogens is 1. The molecule has 2 aromatic heterocycles. The van der Waals surface area contributed by atoms with Crippen LogP contribution in [-0.4, -0.2) is 34.4 Å². The van der Waals surface area contributed by atoms with E-state index in [1.807, 2.05) is 0 Å². The van der Waals surface area contributed by atoms with Gasteiger partial charge < -0.3 is 5.32 Å². The first-order valence-electron chi connectivity index (χ1n) is 8.97. The first kappa shape index (κ1) is 21.3. The van der Waals surface area contributed by atoms with Crippen molar-refractivity contribution in [3.63, 3.8) is 0 Å². The van der Waals surface area contributed by atoms with E-state index in [0.29, 0.717) is 16.5 Å². The smallest absolute Gasteiger partial charge is 0.272 e. The molecule has 13 heteroatoms. The lowest BCUT2D eigenvalue weighted by atomic mass is 10.1. The SMILES string of the molecule is O=C(Cc1n[nH]c(=O)c2ccccc12)Nc1ncc(S(=O)(=O)c2ccc([N+](=O)[O-])cc2)s1. The highest BCUT2D eigenvalue weighted by Crippen LogP contribution is 2.29. The van der Waals surface area contributed by atoms with E-state index in [-0.39, 0.29) is 31.9 Å². The van der Waals surface area contributed by atoms with Crippen molar-refractivity contribution in [1.82, 2.24) is 15.2 Å². The van der Waals surface area contributed by atoms with Crippen molar-refractivity contribution in [2.24, 2.45) is 0 Å². The standard InChI is InChI=1S/C19H13N5O6S2/c25-16(9-15-13-3-1-2-4-14(13)18(26)23-22-15)21-19-20-10-17(31-19)32(29,30)12-7-5-11(6-8-12)24(27)28/h1-8,10H,9H2,(H,23,26)(H,20,21,25). The third-order valence-electron chi connectivity index (χ3n) is 4.46. The summed E-state index contributed by atoms with van der Waals surface area (Å²) in [7, 11) is -3.96. The molecule has 32 heavy (non-hydrogen) atoms. The van der Waals surface area contributed by atoms with Crippen LogP contribution in [0.1, 0.15) is 5.69 Å². The maximum absolute atomic E-state index is 12.7. The number of nitrogens with zero attached hydrogens (tertiary/aromatic N) is 3. The molecule has 162 valence electrons. The predicted molar refractivity (Wildman–Crippen MR) is 115 cm³/mol. The molecule has 0 aliphatic rings. The number of amides is 1. The normalized spacial score (nSPS) is 11.4. The minimum absolute atomic E-state index is 0.0595. The number of thiazole rings is 1. The predicted octanol–water partition coefficient (Wildman–Crippen LogP) is 2.30. The number of aromatic nitrogens is 3. The number of hydrogen-bond donors (Lipinski definition) is 2. The number of nitro benzene ring substituents is 1. The number of carbonyl (C=O) groups is 1. The van der Waals surface area contributed by atoms with Crippen molar-refractivity contribution in [3.8, 4) is 0 Å². The molecule has 0 atom stereocenters. The van der Waals surface area contributed by atoms with Crippen LogP contribution in [0.4, 0.5) is 10.8 Å². The topological polar surface area (TPSA) is 165 Å². The van der Waals surface area contributed by atoms with Gasteiger partial charge in [0.05, 0.1) is 33.5 Å². The van der Waals surface area contributed by atoms with Crippen LogP contribution in [0.3, 0.4) is 0 Å². The van der Waals surface area contributed by atoms with Crippen molar-refractivity contribution in [2.45, 2.75) is 15.5 Å². The maximum atomic E-state index is 12.7. The van der Waals surface area contributed by atoms with Crippen LogP contribution in [0.15, 0.2) is 68.6 Å². The summed E-state index contributed by atoms with van der Waals surface area (Å²) >= 11 is 0.747. The molecule has 0 aliphatic carbocycles. The molecule has 2 heterocycles. The summed E-state index contributed by atoms with van der Waals surface area (Å²) in [6, 6.07) is 11.2. The molecule has 0 saturated heterocycles. The van der Waals surface area contributed by atoms with Crippen molar-refractivity contribution >= 4 is 48.7 Å². The minimum Gasteiger partial charge on any atom is -0.302 e. The van der Waals surface area contributed by atoms with Crippen LogP contribution in [-0.2, 0) is 21.1 Å². The second-order valence-corrected chi connectivity index (χ2v) is 9.72. The van der Waals surface area contributed by atoms with Crippen molar-refractivity contribution in [3.05, 3.63) is 80.9 Å². The summed E-state index contributed by atoms with van der Waals surface area (Å²) in [6.07, 6.45) is 0.936. The summed E-state index contributed by atoms with van der Waals surface area (Å²) < 4.78 is 25.3. The number of aromatic amines is 1. The summed E-state index contributed by atoms with van der Waals surface area (Å²) in [5.41, 5.74) is -0.247. The molecule has 1 amide bonds. The van der Waals surface area contributed by atoms with Gasteiger partial charge in [0.2, 0.25) is 15.7 Å². The molecule has 2 aromatic carbocycles. The van der Waals surface area contributed by atoms with Gasteiger partial charge in [-0.1, -0.05) is 29.5 Å². The summed E-state index contributed by atoms with van der Waals surface area (Å²) in [5.74, 6) is -0.497. The zero-order chi connectivity index (χ0) is 22.9. The Morgan fingerprint density at radius 1 is 1.12 bits per heavy atom. The van der Waals surface area contributed by atoms with Crippen LogP contribution in [0.2, 0.25) is 0 Å². The Hall–Kier alpha value is -3.97. The molecule has 4 aromatic rings. The van der Waals surface area contributed by atoms with E-state index in [9.17, 15) is 28.1 Å². The number of carbonyl (C=O) groups excluding carboxylic acids is 1. The van der Waals surface area contributed by atoms with E-state index in [0.717, 1.165) is 41.8 Å². The molecule has 0 unspecified atom stereocenters. The average Bonchev–Trinajstić information content (AvgIpc) is 3.25. The molecule has 0 saturated carbocycles. The van der Waals surface area contributed by atoms with Crippen molar-refractivity contribution in [2.75, 3.05) is 5.32 Å². The minimum atomic E-state index is -3.96. The summed E-state index contributed by atoms with van der Waals surface area (Å²) in [6.45, 7) is 0. The third kappa shape index (κ3) is 4.10. The van der Waals surface area contributed by atoms with Crippen LogP contribution < -0.4 is 10.9 Å². The Balaban J connectivity index is 1.52. The fraction of sp³-hybridized carbons (Fsp3) is 0.0526. The number of non-ortho nitro benzene ring substituents is 1. The highest BCUT2D eigenvalue weighted by molar-refractivity contribution is 7.93. The molecule has 0 radical (unpaired) electrons. The van der Waals surface area contributed by atoms with E-state index in [2.05, 4.69) is 20.5 Å². The van der Waals surface area contributed by atoms with Crippen LogP contribution in [0, 0.1) is 10.1 Å². The number of nitro groups is 1. The quantitative estimate of drug-likeness (QED) is 0.319. The van der Waals surface area contributed by atoms with Gasteiger partial charge in [0, 0.05) is 17.5 Å². The molecular weight excluding hydrogens is 458 g/mol. The van der Waals surface area contributed by atoms with Gasteiger partial charge in [0.15, 0.2) is 5.13 Å². The third-order valence-corrected chi connectivity index (χ3v) is 7.60. The number of benzene rings is 2. The number of hydrogen-bond acceptors (Lipinski definition) is 9. The number of rotatable bonds is 6. The fourth-order valence-corrected chi connectivity index (χ4v) is 5.38. The Labute approximate surface area is 183 Å². The Kier molecular flexibility index (Phi) is 5.50. The summed E-state index contributed by atoms with van der Waals surface area (Å²) in [5, 5.41) is 20.5. The first-order valence-corrected chi connectivity index (χ1v) is 11.3. The van der Waals surface area contributed by atoms with Crippen molar-refractivity contribution in [1.29, 1.82) is 0 Å². The van der Waals surface area contributed by atoms with Gasteiger partial charge in [-0.25, -0.2) is 18.5 Å².